The van der Waals surface area contributed by atoms with Crippen LogP contribution < -0.4 is 15.2 Å². The Morgan fingerprint density at radius 1 is 0.733 bits per heavy atom. The van der Waals surface area contributed by atoms with Crippen LogP contribution in [0.15, 0.2) is 48.5 Å². The number of nitrogens with two attached hydrogens (primary N) is 1. The minimum Gasteiger partial charge on any atom is -0.427 e. The molecule has 0 unspecified atom stereocenters. The van der Waals surface area contributed by atoms with Crippen LogP contribution in [0.1, 0.15) is 51.4 Å². The van der Waals surface area contributed by atoms with E-state index < -0.39 is 4.92 Å². The van der Waals surface area contributed by atoms with E-state index in [1.54, 1.807) is 24.3 Å². The molecular formula is C22H26N2O6. The standard InChI is InChI=1S/C22H26N2O6/c23-17-9-13-19(14-10-17)29-21(25)7-5-3-1-2-4-6-8-22(26)30-20-15-11-18(12-16-20)24(27)28/h9-16H,1-8,23H2. The fourth-order valence-corrected chi connectivity index (χ4v) is 2.78. The lowest BCUT2D eigenvalue weighted by molar-refractivity contribution is -0.384. The number of hydrogen-bond acceptors (Lipinski definition) is 7. The normalized spacial score (nSPS) is 10.4. The predicted molar refractivity (Wildman–Crippen MR) is 112 cm³/mol. The van der Waals surface area contributed by atoms with Gasteiger partial charge in [0.2, 0.25) is 0 Å². The van der Waals surface area contributed by atoms with Crippen LogP contribution in [0, 0.1) is 10.1 Å². The number of rotatable bonds is 12. The summed E-state index contributed by atoms with van der Waals surface area (Å²) >= 11 is 0. The van der Waals surface area contributed by atoms with Gasteiger partial charge < -0.3 is 15.2 Å². The van der Waals surface area contributed by atoms with Gasteiger partial charge in [0, 0.05) is 30.7 Å². The van der Waals surface area contributed by atoms with E-state index in [2.05, 4.69) is 0 Å². The van der Waals surface area contributed by atoms with E-state index in [4.69, 9.17) is 15.2 Å². The van der Waals surface area contributed by atoms with E-state index >= 15 is 0 Å². The number of hydrogen-bond donors (Lipinski definition) is 1. The summed E-state index contributed by atoms with van der Waals surface area (Å²) in [6.07, 6.45) is 5.90. The number of carbonyl (C=O) groups excluding carboxylic acids is 2. The summed E-state index contributed by atoms with van der Waals surface area (Å²) < 4.78 is 10.4. The van der Waals surface area contributed by atoms with E-state index in [0.717, 1.165) is 32.1 Å². The van der Waals surface area contributed by atoms with Crippen LogP contribution in [0.3, 0.4) is 0 Å². The Labute approximate surface area is 175 Å². The smallest absolute Gasteiger partial charge is 0.311 e. The van der Waals surface area contributed by atoms with E-state index in [0.29, 0.717) is 36.4 Å². The van der Waals surface area contributed by atoms with Gasteiger partial charge in [0.05, 0.1) is 4.92 Å². The van der Waals surface area contributed by atoms with Gasteiger partial charge in [-0.2, -0.15) is 0 Å². The SMILES string of the molecule is Nc1ccc(OC(=O)CCCCCCCCC(=O)Oc2ccc([N+](=O)[O-])cc2)cc1. The molecular weight excluding hydrogens is 388 g/mol. The second kappa shape index (κ2) is 12.2. The number of anilines is 1. The lowest BCUT2D eigenvalue weighted by Crippen LogP contribution is -2.07. The summed E-state index contributed by atoms with van der Waals surface area (Å²) in [5.41, 5.74) is 6.16. The zero-order valence-electron chi connectivity index (χ0n) is 16.7. The molecule has 0 fully saturated rings. The molecule has 0 heterocycles. The number of nitrogens with zero attached hydrogens (tertiary/aromatic N) is 1. The van der Waals surface area contributed by atoms with Gasteiger partial charge >= 0.3 is 11.9 Å². The van der Waals surface area contributed by atoms with Gasteiger partial charge in [-0.05, 0) is 49.2 Å². The van der Waals surface area contributed by atoms with Crippen LogP contribution in [0.4, 0.5) is 11.4 Å². The van der Waals surface area contributed by atoms with Gasteiger partial charge in [0.1, 0.15) is 11.5 Å². The molecule has 0 amide bonds. The van der Waals surface area contributed by atoms with Gasteiger partial charge in [-0.3, -0.25) is 19.7 Å². The lowest BCUT2D eigenvalue weighted by atomic mass is 10.1. The number of unbranched alkanes of at least 4 members (excludes halogenated alkanes) is 5. The van der Waals surface area contributed by atoms with Crippen molar-refractivity contribution in [2.45, 2.75) is 51.4 Å². The number of carbonyl (C=O) groups is 2. The molecule has 8 heteroatoms. The highest BCUT2D eigenvalue weighted by molar-refractivity contribution is 5.72. The van der Waals surface area contributed by atoms with Crippen molar-refractivity contribution in [3.8, 4) is 11.5 Å². The van der Waals surface area contributed by atoms with Crippen molar-refractivity contribution in [2.75, 3.05) is 5.73 Å². The van der Waals surface area contributed by atoms with Crippen molar-refractivity contribution < 1.29 is 24.0 Å². The molecule has 0 spiro atoms. The molecule has 2 rings (SSSR count). The number of ether oxygens (including phenoxy) is 2. The molecule has 160 valence electrons. The summed E-state index contributed by atoms with van der Waals surface area (Å²) in [5.74, 6) is 0.189. The fourth-order valence-electron chi connectivity index (χ4n) is 2.78. The maximum Gasteiger partial charge on any atom is 0.311 e. The molecule has 2 aromatic rings. The second-order valence-electron chi connectivity index (χ2n) is 6.89. The van der Waals surface area contributed by atoms with Gasteiger partial charge in [-0.25, -0.2) is 0 Å². The topological polar surface area (TPSA) is 122 Å². The molecule has 2 aromatic carbocycles. The Kier molecular flexibility index (Phi) is 9.30. The van der Waals surface area contributed by atoms with Crippen LogP contribution >= 0.6 is 0 Å². The Balaban J connectivity index is 1.48. The summed E-state index contributed by atoms with van der Waals surface area (Å²) in [6.45, 7) is 0. The first-order chi connectivity index (χ1) is 14.4. The Hall–Kier alpha value is -3.42. The van der Waals surface area contributed by atoms with Gasteiger partial charge in [0.25, 0.3) is 5.69 Å². The molecule has 8 nitrogen and oxygen atoms in total. The zero-order valence-corrected chi connectivity index (χ0v) is 16.7. The first-order valence-corrected chi connectivity index (χ1v) is 9.95. The predicted octanol–water partition coefficient (Wildman–Crippen LogP) is 4.81. The van der Waals surface area contributed by atoms with Crippen molar-refractivity contribution in [1.29, 1.82) is 0 Å². The largest absolute Gasteiger partial charge is 0.427 e. The van der Waals surface area contributed by atoms with Crippen LogP contribution in [0.25, 0.3) is 0 Å². The van der Waals surface area contributed by atoms with Crippen molar-refractivity contribution in [2.24, 2.45) is 0 Å². The van der Waals surface area contributed by atoms with Crippen molar-refractivity contribution >= 4 is 23.3 Å². The highest BCUT2D eigenvalue weighted by Gasteiger charge is 2.08. The van der Waals surface area contributed by atoms with Gasteiger partial charge in [-0.15, -0.1) is 0 Å². The van der Waals surface area contributed by atoms with E-state index in [9.17, 15) is 19.7 Å². The average Bonchev–Trinajstić information content (AvgIpc) is 2.72. The quantitative estimate of drug-likeness (QED) is 0.132. The first-order valence-electron chi connectivity index (χ1n) is 9.95. The minimum atomic E-state index is -0.506. The molecule has 0 radical (unpaired) electrons. The number of nitro benzene ring substituents is 1. The van der Waals surface area contributed by atoms with Crippen LogP contribution in [0.2, 0.25) is 0 Å². The molecule has 0 saturated heterocycles. The molecule has 0 bridgehead atoms. The Bertz CT molecular complexity index is 834. The second-order valence-corrected chi connectivity index (χ2v) is 6.89. The molecule has 0 aromatic heterocycles. The lowest BCUT2D eigenvalue weighted by Gasteiger charge is -2.05. The van der Waals surface area contributed by atoms with E-state index in [1.165, 1.54) is 24.3 Å². The van der Waals surface area contributed by atoms with Crippen molar-refractivity contribution in [3.63, 3.8) is 0 Å². The van der Waals surface area contributed by atoms with Crippen molar-refractivity contribution in [3.05, 3.63) is 58.6 Å². The maximum atomic E-state index is 11.8. The molecule has 0 saturated carbocycles. The molecule has 0 aliphatic rings. The number of non-ortho nitro benzene ring substituents is 1. The molecule has 0 aliphatic heterocycles. The highest BCUT2D eigenvalue weighted by atomic mass is 16.6. The Morgan fingerprint density at radius 2 is 1.13 bits per heavy atom. The summed E-state index contributed by atoms with van der Waals surface area (Å²) in [6, 6.07) is 12.1. The van der Waals surface area contributed by atoms with Crippen LogP contribution in [-0.2, 0) is 9.59 Å². The minimum absolute atomic E-state index is 0.0479. The summed E-state index contributed by atoms with van der Waals surface area (Å²) in [7, 11) is 0. The Morgan fingerprint density at radius 3 is 1.57 bits per heavy atom. The molecule has 30 heavy (non-hydrogen) atoms. The highest BCUT2D eigenvalue weighted by Crippen LogP contribution is 2.18. The van der Waals surface area contributed by atoms with Gasteiger partial charge in [0.15, 0.2) is 0 Å². The third kappa shape index (κ3) is 8.72. The number of nitrogen functional groups attached to an aromatic ring is 1. The summed E-state index contributed by atoms with van der Waals surface area (Å²) in [5, 5.41) is 10.6. The number of nitro groups is 1. The maximum absolute atomic E-state index is 11.8. The van der Waals surface area contributed by atoms with E-state index in [1.807, 2.05) is 0 Å². The zero-order chi connectivity index (χ0) is 21.8. The fraction of sp³-hybridized carbons (Fsp3) is 0.364. The number of esters is 2. The number of benzene rings is 2. The third-order valence-electron chi connectivity index (χ3n) is 4.40. The van der Waals surface area contributed by atoms with Crippen molar-refractivity contribution in [1.82, 2.24) is 0 Å². The van der Waals surface area contributed by atoms with Crippen LogP contribution in [-0.4, -0.2) is 16.9 Å². The molecule has 0 atom stereocenters. The summed E-state index contributed by atoms with van der Waals surface area (Å²) in [4.78, 5) is 33.7. The first kappa shape index (κ1) is 22.9. The van der Waals surface area contributed by atoms with E-state index in [-0.39, 0.29) is 17.6 Å². The monoisotopic (exact) mass is 414 g/mol. The average molecular weight is 414 g/mol. The molecule has 0 aliphatic carbocycles. The van der Waals surface area contributed by atoms with Crippen LogP contribution in [0.5, 0.6) is 11.5 Å². The molecule has 2 N–H and O–H groups in total. The van der Waals surface area contributed by atoms with Gasteiger partial charge in [-0.1, -0.05) is 25.7 Å². The third-order valence-corrected chi connectivity index (χ3v) is 4.40.